The van der Waals surface area contributed by atoms with Crippen LogP contribution < -0.4 is 9.47 Å². The molecule has 2 rings (SSSR count). The number of hydrogen-bond donors (Lipinski definition) is 0. The summed E-state index contributed by atoms with van der Waals surface area (Å²) in [7, 11) is 0. The van der Waals surface area contributed by atoms with Gasteiger partial charge < -0.3 is 14.2 Å². The Kier molecular flexibility index (Phi) is 10.4. The second-order valence-electron chi connectivity index (χ2n) is 6.89. The molecule has 0 amide bonds. The summed E-state index contributed by atoms with van der Waals surface area (Å²) in [6.45, 7) is 7.45. The van der Waals surface area contributed by atoms with Crippen molar-refractivity contribution in [3.8, 4) is 22.6 Å². The molecule has 0 saturated heterocycles. The lowest BCUT2D eigenvalue weighted by molar-refractivity contribution is -0.137. The minimum Gasteiger partial charge on any atom is -0.494 e. The van der Waals surface area contributed by atoms with Crippen LogP contribution in [0.15, 0.2) is 61.2 Å². The van der Waals surface area contributed by atoms with E-state index < -0.39 is 0 Å². The first-order valence-electron chi connectivity index (χ1n) is 10.5. The van der Waals surface area contributed by atoms with Gasteiger partial charge in [-0.05, 0) is 67.5 Å². The maximum atomic E-state index is 10.9. The molecule has 4 heteroatoms. The molecule has 4 nitrogen and oxygen atoms in total. The van der Waals surface area contributed by atoms with Crippen molar-refractivity contribution in [2.45, 2.75) is 45.4 Å². The Bertz CT molecular complexity index is 719. The number of hydrogen-bond acceptors (Lipinski definition) is 4. The molecule has 0 N–H and O–H groups in total. The molecule has 0 bridgehead atoms. The van der Waals surface area contributed by atoms with Gasteiger partial charge in [-0.2, -0.15) is 0 Å². The zero-order valence-corrected chi connectivity index (χ0v) is 17.4. The molecule has 0 aliphatic rings. The van der Waals surface area contributed by atoms with Gasteiger partial charge >= 0.3 is 5.97 Å². The summed E-state index contributed by atoms with van der Waals surface area (Å²) in [4.78, 5) is 10.9. The lowest BCUT2D eigenvalue weighted by atomic mass is 10.1. The van der Waals surface area contributed by atoms with Crippen molar-refractivity contribution in [1.29, 1.82) is 0 Å². The van der Waals surface area contributed by atoms with E-state index in [4.69, 9.17) is 14.2 Å². The molecule has 29 heavy (non-hydrogen) atoms. The highest BCUT2D eigenvalue weighted by molar-refractivity contribution is 5.81. The third-order valence-corrected chi connectivity index (χ3v) is 4.53. The molecular weight excluding hydrogens is 364 g/mol. The number of benzene rings is 2. The van der Waals surface area contributed by atoms with Crippen LogP contribution in [0.1, 0.15) is 45.4 Å². The normalized spacial score (nSPS) is 10.4. The zero-order valence-electron chi connectivity index (χ0n) is 17.4. The fourth-order valence-electron chi connectivity index (χ4n) is 2.80. The number of esters is 1. The first kappa shape index (κ1) is 22.5. The van der Waals surface area contributed by atoms with Crippen molar-refractivity contribution >= 4 is 5.97 Å². The minimum absolute atomic E-state index is 0.354. The van der Waals surface area contributed by atoms with Crippen LogP contribution in [0.5, 0.6) is 11.5 Å². The standard InChI is InChI=1S/C25H32O4/c1-3-5-18-27-23-14-10-21(11-15-23)22-12-16-24(17-13-22)28-19-8-6-7-9-20-29-25(26)4-2/h4,10-17H,2-3,5-9,18-20H2,1H3. The summed E-state index contributed by atoms with van der Waals surface area (Å²) in [6.07, 6.45) is 7.33. The highest BCUT2D eigenvalue weighted by Gasteiger charge is 2.01. The van der Waals surface area contributed by atoms with Gasteiger partial charge in [0.25, 0.3) is 0 Å². The van der Waals surface area contributed by atoms with Crippen molar-refractivity contribution in [2.24, 2.45) is 0 Å². The smallest absolute Gasteiger partial charge is 0.330 e. The molecule has 2 aromatic carbocycles. The second kappa shape index (κ2) is 13.4. The van der Waals surface area contributed by atoms with Crippen molar-refractivity contribution < 1.29 is 19.0 Å². The van der Waals surface area contributed by atoms with E-state index in [0.29, 0.717) is 13.2 Å². The molecule has 0 fully saturated rings. The van der Waals surface area contributed by atoms with Crippen LogP contribution in [0.3, 0.4) is 0 Å². The molecule has 0 saturated carbocycles. The van der Waals surface area contributed by atoms with E-state index in [0.717, 1.165) is 67.8 Å². The Hall–Kier alpha value is -2.75. The monoisotopic (exact) mass is 396 g/mol. The third kappa shape index (κ3) is 8.86. The van der Waals surface area contributed by atoms with E-state index in [-0.39, 0.29) is 5.97 Å². The zero-order chi connectivity index (χ0) is 20.7. The van der Waals surface area contributed by atoms with Crippen molar-refractivity contribution in [1.82, 2.24) is 0 Å². The van der Waals surface area contributed by atoms with Gasteiger partial charge in [0.2, 0.25) is 0 Å². The van der Waals surface area contributed by atoms with Gasteiger partial charge in [-0.3, -0.25) is 0 Å². The summed E-state index contributed by atoms with van der Waals surface area (Å²) in [6, 6.07) is 16.4. The van der Waals surface area contributed by atoms with Crippen LogP contribution in [0.2, 0.25) is 0 Å². The Labute approximate surface area is 174 Å². The quantitative estimate of drug-likeness (QED) is 0.217. The number of unbranched alkanes of at least 4 members (excludes halogenated alkanes) is 4. The minimum atomic E-state index is -0.354. The molecule has 0 heterocycles. The Balaban J connectivity index is 1.65. The molecule has 0 aliphatic heterocycles. The SMILES string of the molecule is C=CC(=O)OCCCCCCOc1ccc(-c2ccc(OCCCC)cc2)cc1. The van der Waals surface area contributed by atoms with Gasteiger partial charge in [-0.1, -0.05) is 44.2 Å². The van der Waals surface area contributed by atoms with Gasteiger partial charge in [0, 0.05) is 6.08 Å². The highest BCUT2D eigenvalue weighted by Crippen LogP contribution is 2.25. The first-order valence-corrected chi connectivity index (χ1v) is 10.5. The van der Waals surface area contributed by atoms with Crippen LogP contribution >= 0.6 is 0 Å². The van der Waals surface area contributed by atoms with Crippen LogP contribution in [-0.4, -0.2) is 25.8 Å². The average molecular weight is 397 g/mol. The fraction of sp³-hybridized carbons (Fsp3) is 0.400. The molecule has 0 aromatic heterocycles. The summed E-state index contributed by atoms with van der Waals surface area (Å²) in [5, 5.41) is 0. The predicted octanol–water partition coefficient (Wildman–Crippen LogP) is 6.20. The van der Waals surface area contributed by atoms with E-state index in [1.165, 1.54) is 6.08 Å². The van der Waals surface area contributed by atoms with E-state index in [1.807, 2.05) is 24.3 Å². The summed E-state index contributed by atoms with van der Waals surface area (Å²) >= 11 is 0. The van der Waals surface area contributed by atoms with E-state index in [1.54, 1.807) is 0 Å². The van der Waals surface area contributed by atoms with Gasteiger partial charge in [0.05, 0.1) is 19.8 Å². The first-order chi connectivity index (χ1) is 14.2. The number of ether oxygens (including phenoxy) is 3. The third-order valence-electron chi connectivity index (χ3n) is 4.53. The largest absolute Gasteiger partial charge is 0.494 e. The van der Waals surface area contributed by atoms with Crippen molar-refractivity contribution in [2.75, 3.05) is 19.8 Å². The summed E-state index contributed by atoms with van der Waals surface area (Å²) < 4.78 is 16.5. The molecule has 2 aromatic rings. The maximum Gasteiger partial charge on any atom is 0.330 e. The topological polar surface area (TPSA) is 44.8 Å². The van der Waals surface area contributed by atoms with Crippen molar-refractivity contribution in [3.63, 3.8) is 0 Å². The number of carbonyl (C=O) groups excluding carboxylic acids is 1. The van der Waals surface area contributed by atoms with Gasteiger partial charge in [0.1, 0.15) is 11.5 Å². The maximum absolute atomic E-state index is 10.9. The van der Waals surface area contributed by atoms with Crippen LogP contribution in [0, 0.1) is 0 Å². The molecule has 0 spiro atoms. The summed E-state index contributed by atoms with van der Waals surface area (Å²) in [5.41, 5.74) is 2.32. The van der Waals surface area contributed by atoms with Crippen LogP contribution in [0.25, 0.3) is 11.1 Å². The van der Waals surface area contributed by atoms with Gasteiger partial charge in [0.15, 0.2) is 0 Å². The molecule has 0 unspecified atom stereocenters. The van der Waals surface area contributed by atoms with Crippen LogP contribution in [-0.2, 0) is 9.53 Å². The van der Waals surface area contributed by atoms with Gasteiger partial charge in [-0.15, -0.1) is 0 Å². The van der Waals surface area contributed by atoms with Crippen LogP contribution in [0.4, 0.5) is 0 Å². The summed E-state index contributed by atoms with van der Waals surface area (Å²) in [5.74, 6) is 1.45. The predicted molar refractivity (Wildman–Crippen MR) is 117 cm³/mol. The fourth-order valence-corrected chi connectivity index (χ4v) is 2.80. The molecule has 0 aliphatic carbocycles. The molecule has 0 radical (unpaired) electrons. The number of rotatable bonds is 14. The van der Waals surface area contributed by atoms with Crippen molar-refractivity contribution in [3.05, 3.63) is 61.2 Å². The molecule has 156 valence electrons. The molecule has 0 atom stereocenters. The Morgan fingerprint density at radius 3 is 1.72 bits per heavy atom. The Morgan fingerprint density at radius 2 is 1.24 bits per heavy atom. The average Bonchev–Trinajstić information content (AvgIpc) is 2.76. The number of carbonyl (C=O) groups is 1. The van der Waals surface area contributed by atoms with E-state index in [9.17, 15) is 4.79 Å². The molecular formula is C25H32O4. The Morgan fingerprint density at radius 1 is 0.759 bits per heavy atom. The highest BCUT2D eigenvalue weighted by atomic mass is 16.5. The lowest BCUT2D eigenvalue weighted by Crippen LogP contribution is -2.02. The van der Waals surface area contributed by atoms with E-state index in [2.05, 4.69) is 37.8 Å². The second-order valence-corrected chi connectivity index (χ2v) is 6.89. The lowest BCUT2D eigenvalue weighted by Gasteiger charge is -2.09. The van der Waals surface area contributed by atoms with Gasteiger partial charge in [-0.25, -0.2) is 4.79 Å². The van der Waals surface area contributed by atoms with E-state index >= 15 is 0 Å².